The van der Waals surface area contributed by atoms with Crippen molar-refractivity contribution in [2.75, 3.05) is 13.2 Å². The summed E-state index contributed by atoms with van der Waals surface area (Å²) >= 11 is 0. The van der Waals surface area contributed by atoms with Crippen LogP contribution in [0.15, 0.2) is 29.4 Å². The summed E-state index contributed by atoms with van der Waals surface area (Å²) in [7, 11) is 0. The highest BCUT2D eigenvalue weighted by Gasteiger charge is 2.08. The molecule has 1 rings (SSSR count). The quantitative estimate of drug-likeness (QED) is 0.335. The number of hydrogen-bond acceptors (Lipinski definition) is 4. The minimum atomic E-state index is 0.00490. The first kappa shape index (κ1) is 14.5. The Kier molecular flexibility index (Phi) is 6.18. The van der Waals surface area contributed by atoms with Crippen LogP contribution in [-0.2, 0) is 16.1 Å². The first-order valence-corrected chi connectivity index (χ1v) is 5.94. The number of ether oxygens (including phenoxy) is 2. The van der Waals surface area contributed by atoms with Gasteiger partial charge < -0.3 is 20.4 Å². The van der Waals surface area contributed by atoms with Gasteiger partial charge in [-0.15, -0.1) is 0 Å². The van der Waals surface area contributed by atoms with E-state index in [2.05, 4.69) is 5.16 Å². The van der Waals surface area contributed by atoms with Crippen LogP contribution in [0.1, 0.15) is 25.0 Å². The van der Waals surface area contributed by atoms with Crippen molar-refractivity contribution in [2.45, 2.75) is 26.6 Å². The van der Waals surface area contributed by atoms with E-state index in [0.717, 1.165) is 5.56 Å². The van der Waals surface area contributed by atoms with Crippen LogP contribution in [0.2, 0.25) is 0 Å². The van der Waals surface area contributed by atoms with E-state index in [9.17, 15) is 0 Å². The number of rotatable bonds is 7. The molecule has 1 unspecified atom stereocenters. The van der Waals surface area contributed by atoms with Crippen molar-refractivity contribution in [3.8, 4) is 0 Å². The zero-order valence-corrected chi connectivity index (χ0v) is 10.8. The van der Waals surface area contributed by atoms with Crippen LogP contribution >= 0.6 is 0 Å². The summed E-state index contributed by atoms with van der Waals surface area (Å²) in [6.07, 6.45) is 0.00490. The van der Waals surface area contributed by atoms with Gasteiger partial charge in [0, 0.05) is 12.2 Å². The summed E-state index contributed by atoms with van der Waals surface area (Å²) in [5.74, 6) is 0.0895. The molecule has 0 saturated heterocycles. The summed E-state index contributed by atoms with van der Waals surface area (Å²) in [5.41, 5.74) is 7.17. The summed E-state index contributed by atoms with van der Waals surface area (Å²) in [6, 6.07) is 7.41. The molecule has 0 aromatic heterocycles. The monoisotopic (exact) mass is 252 g/mol. The maximum Gasteiger partial charge on any atom is 0.170 e. The molecule has 3 N–H and O–H groups in total. The zero-order valence-electron chi connectivity index (χ0n) is 10.8. The number of hydrogen-bond donors (Lipinski definition) is 2. The predicted octanol–water partition coefficient (Wildman–Crippen LogP) is 1.72. The lowest BCUT2D eigenvalue weighted by Crippen LogP contribution is -2.19. The third kappa shape index (κ3) is 4.35. The van der Waals surface area contributed by atoms with E-state index in [-0.39, 0.29) is 11.9 Å². The van der Waals surface area contributed by atoms with E-state index in [4.69, 9.17) is 20.4 Å². The second kappa shape index (κ2) is 7.68. The number of oxime groups is 1. The topological polar surface area (TPSA) is 77.1 Å². The van der Waals surface area contributed by atoms with Crippen LogP contribution in [0.3, 0.4) is 0 Å². The molecule has 0 bridgehead atoms. The molecule has 0 aliphatic heterocycles. The van der Waals surface area contributed by atoms with Gasteiger partial charge in [0.25, 0.3) is 0 Å². The van der Waals surface area contributed by atoms with Crippen molar-refractivity contribution in [1.29, 1.82) is 0 Å². The average Bonchev–Trinajstić information content (AvgIpc) is 2.42. The van der Waals surface area contributed by atoms with E-state index >= 15 is 0 Å². The molecule has 18 heavy (non-hydrogen) atoms. The molecule has 5 nitrogen and oxygen atoms in total. The summed E-state index contributed by atoms with van der Waals surface area (Å²) < 4.78 is 10.9. The van der Waals surface area contributed by atoms with Gasteiger partial charge in [0.2, 0.25) is 0 Å². The highest BCUT2D eigenvalue weighted by molar-refractivity contribution is 5.98. The molecule has 0 saturated carbocycles. The van der Waals surface area contributed by atoms with Crippen molar-refractivity contribution in [3.05, 3.63) is 35.4 Å². The van der Waals surface area contributed by atoms with Crippen LogP contribution < -0.4 is 5.73 Å². The molecule has 5 heteroatoms. The van der Waals surface area contributed by atoms with Gasteiger partial charge in [0.05, 0.1) is 19.3 Å². The fraction of sp³-hybridized carbons (Fsp3) is 0.462. The SMILES string of the molecule is CCOCC(C)OCc1ccccc1/C(N)=N/O. The van der Waals surface area contributed by atoms with Gasteiger partial charge >= 0.3 is 0 Å². The van der Waals surface area contributed by atoms with Crippen LogP contribution in [0, 0.1) is 0 Å². The van der Waals surface area contributed by atoms with Gasteiger partial charge in [0.1, 0.15) is 0 Å². The van der Waals surface area contributed by atoms with Crippen LogP contribution in [-0.4, -0.2) is 30.4 Å². The summed E-state index contributed by atoms with van der Waals surface area (Å²) in [4.78, 5) is 0. The number of nitrogens with zero attached hydrogens (tertiary/aromatic N) is 1. The molecule has 0 aliphatic rings. The molecule has 0 aliphatic carbocycles. The van der Waals surface area contributed by atoms with E-state index in [0.29, 0.717) is 25.4 Å². The summed E-state index contributed by atoms with van der Waals surface area (Å²) in [5, 5.41) is 11.7. The van der Waals surface area contributed by atoms with Crippen molar-refractivity contribution in [3.63, 3.8) is 0 Å². The van der Waals surface area contributed by atoms with Crippen molar-refractivity contribution < 1.29 is 14.7 Å². The predicted molar refractivity (Wildman–Crippen MR) is 69.7 cm³/mol. The Hall–Kier alpha value is -1.59. The lowest BCUT2D eigenvalue weighted by atomic mass is 10.1. The lowest BCUT2D eigenvalue weighted by molar-refractivity contribution is -0.0117. The minimum Gasteiger partial charge on any atom is -0.409 e. The second-order valence-electron chi connectivity index (χ2n) is 3.92. The van der Waals surface area contributed by atoms with Gasteiger partial charge in [0.15, 0.2) is 5.84 Å². The number of amidine groups is 1. The Morgan fingerprint density at radius 2 is 2.17 bits per heavy atom. The van der Waals surface area contributed by atoms with Crippen molar-refractivity contribution in [2.24, 2.45) is 10.9 Å². The fourth-order valence-electron chi connectivity index (χ4n) is 1.51. The van der Waals surface area contributed by atoms with Crippen LogP contribution in [0.5, 0.6) is 0 Å². The molecular weight excluding hydrogens is 232 g/mol. The van der Waals surface area contributed by atoms with Crippen molar-refractivity contribution in [1.82, 2.24) is 0 Å². The van der Waals surface area contributed by atoms with E-state index in [1.165, 1.54) is 0 Å². The Balaban J connectivity index is 2.62. The van der Waals surface area contributed by atoms with Crippen LogP contribution in [0.4, 0.5) is 0 Å². The summed E-state index contributed by atoms with van der Waals surface area (Å²) in [6.45, 7) is 5.53. The normalized spacial score (nSPS) is 13.6. The third-order valence-electron chi connectivity index (χ3n) is 2.48. The molecule has 0 amide bonds. The maximum absolute atomic E-state index is 8.71. The molecule has 1 aromatic rings. The van der Waals surface area contributed by atoms with Gasteiger partial charge in [-0.3, -0.25) is 0 Å². The van der Waals surface area contributed by atoms with E-state index in [1.807, 2.05) is 32.0 Å². The molecule has 0 heterocycles. The fourth-order valence-corrected chi connectivity index (χ4v) is 1.51. The Bertz CT molecular complexity index is 394. The third-order valence-corrected chi connectivity index (χ3v) is 2.48. The molecule has 0 radical (unpaired) electrons. The van der Waals surface area contributed by atoms with E-state index < -0.39 is 0 Å². The first-order chi connectivity index (χ1) is 8.69. The minimum absolute atomic E-state index is 0.00490. The average molecular weight is 252 g/mol. The van der Waals surface area contributed by atoms with E-state index in [1.54, 1.807) is 6.07 Å². The first-order valence-electron chi connectivity index (χ1n) is 5.94. The highest BCUT2D eigenvalue weighted by Crippen LogP contribution is 2.11. The van der Waals surface area contributed by atoms with Gasteiger partial charge in [-0.2, -0.15) is 0 Å². The van der Waals surface area contributed by atoms with Gasteiger partial charge in [-0.25, -0.2) is 0 Å². The smallest absolute Gasteiger partial charge is 0.170 e. The molecule has 100 valence electrons. The van der Waals surface area contributed by atoms with Crippen molar-refractivity contribution >= 4 is 5.84 Å². The van der Waals surface area contributed by atoms with Gasteiger partial charge in [-0.05, 0) is 19.4 Å². The lowest BCUT2D eigenvalue weighted by Gasteiger charge is -2.14. The zero-order chi connectivity index (χ0) is 13.4. The largest absolute Gasteiger partial charge is 0.409 e. The molecule has 1 atom stereocenters. The Morgan fingerprint density at radius 1 is 1.44 bits per heavy atom. The Morgan fingerprint density at radius 3 is 2.83 bits per heavy atom. The standard InChI is InChI=1S/C13H20N2O3/c1-3-17-8-10(2)18-9-11-6-4-5-7-12(11)13(14)15-16/h4-7,10,16H,3,8-9H2,1-2H3,(H2,14,15). The molecule has 1 aromatic carbocycles. The van der Waals surface area contributed by atoms with Gasteiger partial charge in [-0.1, -0.05) is 29.4 Å². The second-order valence-corrected chi connectivity index (χ2v) is 3.92. The van der Waals surface area contributed by atoms with Crippen LogP contribution in [0.25, 0.3) is 0 Å². The Labute approximate surface area is 107 Å². The maximum atomic E-state index is 8.71. The molecule has 0 spiro atoms. The number of benzene rings is 1. The highest BCUT2D eigenvalue weighted by atomic mass is 16.5. The number of nitrogens with two attached hydrogens (primary N) is 1. The molecular formula is C13H20N2O3. The molecule has 0 fully saturated rings.